The third-order valence-corrected chi connectivity index (χ3v) is 2.31. The number of hydrogen-bond acceptors (Lipinski definition) is 2. The van der Waals surface area contributed by atoms with E-state index in [1.165, 1.54) is 6.07 Å². The Morgan fingerprint density at radius 3 is 2.73 bits per heavy atom. The Bertz CT molecular complexity index is 318. The molecule has 0 aliphatic rings. The Kier molecular flexibility index (Phi) is 4.98. The fourth-order valence-electron chi connectivity index (χ4n) is 1.17. The van der Waals surface area contributed by atoms with Crippen molar-refractivity contribution in [1.82, 2.24) is 0 Å². The molecular weight excluding hydrogens is 270 g/mol. The fraction of sp³-hybridized carbons (Fsp3) is 0.400. The van der Waals surface area contributed by atoms with Gasteiger partial charge in [-0.3, -0.25) is 0 Å². The summed E-state index contributed by atoms with van der Waals surface area (Å²) in [5.74, 6) is 0.199. The molecule has 0 saturated heterocycles. The van der Waals surface area contributed by atoms with Crippen LogP contribution in [-0.2, 0) is 11.2 Å². The number of hydrogen-bond donors (Lipinski definition) is 0. The summed E-state index contributed by atoms with van der Waals surface area (Å²) in [5.41, 5.74) is 0.700. The van der Waals surface area contributed by atoms with Gasteiger partial charge in [-0.05, 0) is 30.2 Å². The van der Waals surface area contributed by atoms with Crippen molar-refractivity contribution in [3.63, 3.8) is 0 Å². The van der Waals surface area contributed by atoms with E-state index in [2.05, 4.69) is 20.7 Å². The summed E-state index contributed by atoms with van der Waals surface area (Å²) >= 11 is 3.27. The molecule has 0 heterocycles. The van der Waals surface area contributed by atoms with Crippen LogP contribution in [-0.4, -0.2) is 20.3 Å². The van der Waals surface area contributed by atoms with Crippen LogP contribution in [0.4, 0.5) is 8.78 Å². The normalized spacial score (nSPS) is 10.7. The van der Waals surface area contributed by atoms with E-state index in [0.29, 0.717) is 18.6 Å². The van der Waals surface area contributed by atoms with Crippen LogP contribution in [0.25, 0.3) is 0 Å². The van der Waals surface area contributed by atoms with E-state index in [-0.39, 0.29) is 5.75 Å². The van der Waals surface area contributed by atoms with Crippen LogP contribution < -0.4 is 4.74 Å². The van der Waals surface area contributed by atoms with E-state index in [0.717, 1.165) is 4.47 Å². The predicted molar refractivity (Wildman–Crippen MR) is 56.4 cm³/mol. The molecule has 0 aromatic heterocycles. The van der Waals surface area contributed by atoms with E-state index >= 15 is 0 Å². The highest BCUT2D eigenvalue weighted by molar-refractivity contribution is 9.10. The van der Waals surface area contributed by atoms with Gasteiger partial charge in [-0.15, -0.1) is 0 Å². The van der Waals surface area contributed by atoms with Crippen LogP contribution in [0.3, 0.4) is 0 Å². The molecule has 0 aliphatic carbocycles. The fourth-order valence-corrected chi connectivity index (χ4v) is 1.57. The van der Waals surface area contributed by atoms with Crippen molar-refractivity contribution in [3.05, 3.63) is 28.2 Å². The lowest BCUT2D eigenvalue weighted by molar-refractivity contribution is -0.0505. The number of halogens is 3. The van der Waals surface area contributed by atoms with E-state index in [9.17, 15) is 8.78 Å². The van der Waals surface area contributed by atoms with Crippen molar-refractivity contribution >= 4 is 15.9 Å². The standard InChI is InChI=1S/C10H11BrF2O2/c1-14-5-4-7-6-8(11)2-3-9(7)15-10(12)13/h2-3,6,10H,4-5H2,1H3. The van der Waals surface area contributed by atoms with E-state index in [4.69, 9.17) is 4.74 Å². The average Bonchev–Trinajstić information content (AvgIpc) is 2.18. The van der Waals surface area contributed by atoms with Gasteiger partial charge >= 0.3 is 6.61 Å². The molecule has 1 aromatic rings. The molecule has 5 heteroatoms. The Hall–Kier alpha value is -0.680. The lowest BCUT2D eigenvalue weighted by Gasteiger charge is -2.10. The third-order valence-electron chi connectivity index (χ3n) is 1.81. The Labute approximate surface area is 95.3 Å². The van der Waals surface area contributed by atoms with Crippen LogP contribution in [0, 0.1) is 0 Å². The quantitative estimate of drug-likeness (QED) is 0.825. The molecule has 0 saturated carbocycles. The molecule has 0 N–H and O–H groups in total. The van der Waals surface area contributed by atoms with Crippen molar-refractivity contribution < 1.29 is 18.3 Å². The summed E-state index contributed by atoms with van der Waals surface area (Å²) in [7, 11) is 1.56. The lowest BCUT2D eigenvalue weighted by atomic mass is 10.1. The van der Waals surface area contributed by atoms with Crippen molar-refractivity contribution in [1.29, 1.82) is 0 Å². The second-order valence-corrected chi connectivity index (χ2v) is 3.79. The molecule has 1 rings (SSSR count). The highest BCUT2D eigenvalue weighted by Gasteiger charge is 2.09. The number of ether oxygens (including phenoxy) is 2. The smallest absolute Gasteiger partial charge is 0.387 e. The van der Waals surface area contributed by atoms with Gasteiger partial charge in [0.25, 0.3) is 0 Å². The molecule has 15 heavy (non-hydrogen) atoms. The van der Waals surface area contributed by atoms with Crippen LogP contribution in [0.1, 0.15) is 5.56 Å². The highest BCUT2D eigenvalue weighted by Crippen LogP contribution is 2.25. The second-order valence-electron chi connectivity index (χ2n) is 2.87. The van der Waals surface area contributed by atoms with Crippen molar-refractivity contribution in [2.24, 2.45) is 0 Å². The largest absolute Gasteiger partial charge is 0.435 e. The zero-order valence-corrected chi connectivity index (χ0v) is 9.76. The van der Waals surface area contributed by atoms with Crippen LogP contribution in [0.15, 0.2) is 22.7 Å². The predicted octanol–water partition coefficient (Wildman–Crippen LogP) is 3.24. The molecule has 0 unspecified atom stereocenters. The molecule has 0 spiro atoms. The summed E-state index contributed by atoms with van der Waals surface area (Å²) < 4.78 is 34.2. The van der Waals surface area contributed by atoms with Gasteiger partial charge in [-0.1, -0.05) is 15.9 Å². The monoisotopic (exact) mass is 280 g/mol. The summed E-state index contributed by atoms with van der Waals surface area (Å²) in [5, 5.41) is 0. The van der Waals surface area contributed by atoms with Crippen LogP contribution in [0.5, 0.6) is 5.75 Å². The summed E-state index contributed by atoms with van der Waals surface area (Å²) in [6.07, 6.45) is 0.540. The van der Waals surface area contributed by atoms with Crippen molar-refractivity contribution in [2.75, 3.05) is 13.7 Å². The molecule has 1 aromatic carbocycles. The molecule has 0 radical (unpaired) electrons. The first kappa shape index (κ1) is 12.4. The molecule has 0 aliphatic heterocycles. The van der Waals surface area contributed by atoms with Gasteiger partial charge in [0.2, 0.25) is 0 Å². The molecule has 2 nitrogen and oxygen atoms in total. The Morgan fingerprint density at radius 2 is 2.13 bits per heavy atom. The zero-order chi connectivity index (χ0) is 11.3. The molecule has 0 fully saturated rings. The maximum Gasteiger partial charge on any atom is 0.387 e. The first-order valence-electron chi connectivity index (χ1n) is 4.35. The van der Waals surface area contributed by atoms with Crippen molar-refractivity contribution in [3.8, 4) is 5.75 Å². The summed E-state index contributed by atoms with van der Waals surface area (Å²) in [6.45, 7) is -2.33. The molecule has 0 amide bonds. The van der Waals surface area contributed by atoms with E-state index in [1.54, 1.807) is 19.2 Å². The molecule has 84 valence electrons. The van der Waals surface area contributed by atoms with Gasteiger partial charge in [0, 0.05) is 11.6 Å². The highest BCUT2D eigenvalue weighted by atomic mass is 79.9. The number of methoxy groups -OCH3 is 1. The van der Waals surface area contributed by atoms with Crippen molar-refractivity contribution in [2.45, 2.75) is 13.0 Å². The van der Waals surface area contributed by atoms with Gasteiger partial charge in [0.15, 0.2) is 0 Å². The van der Waals surface area contributed by atoms with Gasteiger partial charge < -0.3 is 9.47 Å². The molecule has 0 atom stereocenters. The zero-order valence-electron chi connectivity index (χ0n) is 8.17. The minimum Gasteiger partial charge on any atom is -0.435 e. The minimum absolute atomic E-state index is 0.199. The molecular formula is C10H11BrF2O2. The van der Waals surface area contributed by atoms with Gasteiger partial charge in [-0.25, -0.2) is 0 Å². The maximum atomic E-state index is 12.1. The van der Waals surface area contributed by atoms with Gasteiger partial charge in [0.05, 0.1) is 6.61 Å². The minimum atomic E-state index is -2.80. The van der Waals surface area contributed by atoms with Crippen LogP contribution >= 0.6 is 15.9 Å². The van der Waals surface area contributed by atoms with Gasteiger partial charge in [-0.2, -0.15) is 8.78 Å². The third kappa shape index (κ3) is 4.13. The summed E-state index contributed by atoms with van der Waals surface area (Å²) in [4.78, 5) is 0. The first-order chi connectivity index (χ1) is 7.13. The number of alkyl halides is 2. The number of rotatable bonds is 5. The molecule has 0 bridgehead atoms. The average molecular weight is 281 g/mol. The van der Waals surface area contributed by atoms with Gasteiger partial charge in [0.1, 0.15) is 5.75 Å². The second kappa shape index (κ2) is 6.02. The topological polar surface area (TPSA) is 18.5 Å². The van der Waals surface area contributed by atoms with E-state index < -0.39 is 6.61 Å². The SMILES string of the molecule is COCCc1cc(Br)ccc1OC(F)F. The van der Waals surface area contributed by atoms with Crippen LogP contribution in [0.2, 0.25) is 0 Å². The first-order valence-corrected chi connectivity index (χ1v) is 5.15. The Morgan fingerprint density at radius 1 is 1.40 bits per heavy atom. The maximum absolute atomic E-state index is 12.1. The number of benzene rings is 1. The summed E-state index contributed by atoms with van der Waals surface area (Å²) in [6, 6.07) is 4.92. The van der Waals surface area contributed by atoms with E-state index in [1.807, 2.05) is 0 Å². The lowest BCUT2D eigenvalue weighted by Crippen LogP contribution is -2.05. The Balaban J connectivity index is 2.82.